The summed E-state index contributed by atoms with van der Waals surface area (Å²) >= 11 is 0. The maximum absolute atomic E-state index is 13.4. The molecule has 0 amide bonds. The van der Waals surface area contributed by atoms with Gasteiger partial charge in [-0.1, -0.05) is 51.0 Å². The molecular formula is C22H31NO3S. The van der Waals surface area contributed by atoms with Gasteiger partial charge >= 0.3 is 0 Å². The first kappa shape index (κ1) is 20.2. The number of nitrogens with one attached hydrogen (secondary N) is 1. The summed E-state index contributed by atoms with van der Waals surface area (Å²) in [7, 11) is -1.85. The van der Waals surface area contributed by atoms with Crippen LogP contribution >= 0.6 is 0 Å². The van der Waals surface area contributed by atoms with Crippen molar-refractivity contribution in [1.29, 1.82) is 0 Å². The van der Waals surface area contributed by atoms with E-state index in [0.717, 1.165) is 44.1 Å². The van der Waals surface area contributed by atoms with Crippen molar-refractivity contribution >= 4 is 9.84 Å². The van der Waals surface area contributed by atoms with Crippen molar-refractivity contribution in [3.8, 4) is 5.75 Å². The molecule has 148 valence electrons. The maximum Gasteiger partial charge on any atom is 0.180 e. The van der Waals surface area contributed by atoms with Gasteiger partial charge in [0.15, 0.2) is 9.84 Å². The third kappa shape index (κ3) is 4.14. The SMILES string of the molecule is CCCC[C@]1(CC)CS(=O)(=O)c2cc(OC)ccc2[C@@H](C2=CCCC=C2)N1. The summed E-state index contributed by atoms with van der Waals surface area (Å²) in [4.78, 5) is 0.408. The molecule has 2 atom stereocenters. The van der Waals surface area contributed by atoms with E-state index in [1.807, 2.05) is 12.1 Å². The topological polar surface area (TPSA) is 55.4 Å². The van der Waals surface area contributed by atoms with Crippen LogP contribution in [-0.2, 0) is 9.84 Å². The summed E-state index contributed by atoms with van der Waals surface area (Å²) in [5.74, 6) is 0.714. The minimum atomic E-state index is -3.43. The molecule has 1 aromatic rings. The van der Waals surface area contributed by atoms with Crippen molar-refractivity contribution in [2.75, 3.05) is 12.9 Å². The lowest BCUT2D eigenvalue weighted by atomic mass is 9.87. The van der Waals surface area contributed by atoms with Crippen LogP contribution < -0.4 is 10.1 Å². The van der Waals surface area contributed by atoms with Gasteiger partial charge in [-0.15, -0.1) is 0 Å². The van der Waals surface area contributed by atoms with E-state index in [-0.39, 0.29) is 11.8 Å². The van der Waals surface area contributed by atoms with Crippen molar-refractivity contribution < 1.29 is 13.2 Å². The number of sulfone groups is 1. The predicted molar refractivity (Wildman–Crippen MR) is 110 cm³/mol. The standard InChI is InChI=1S/C22H31NO3S/c1-4-6-14-22(5-2)16-27(24,25)20-15-18(26-3)12-13-19(20)21(23-22)17-10-8-7-9-11-17/h8,10-13,15,21,23H,4-7,9,14,16H2,1-3H3/t21-,22-/m1/s1. The fraction of sp³-hybridized carbons (Fsp3) is 0.545. The van der Waals surface area contributed by atoms with Crippen LogP contribution in [0.15, 0.2) is 46.9 Å². The molecule has 0 unspecified atom stereocenters. The minimum Gasteiger partial charge on any atom is -0.497 e. The van der Waals surface area contributed by atoms with Crippen LogP contribution in [0.25, 0.3) is 0 Å². The molecule has 1 N–H and O–H groups in total. The third-order valence-corrected chi connectivity index (χ3v) is 7.78. The normalized spacial score (nSPS) is 26.8. The number of hydrogen-bond acceptors (Lipinski definition) is 4. The molecule has 1 aromatic carbocycles. The van der Waals surface area contributed by atoms with Crippen LogP contribution in [0.2, 0.25) is 0 Å². The van der Waals surface area contributed by atoms with Crippen molar-refractivity contribution in [3.63, 3.8) is 0 Å². The molecule has 1 heterocycles. The zero-order valence-electron chi connectivity index (χ0n) is 16.6. The van der Waals surface area contributed by atoms with E-state index in [1.54, 1.807) is 13.2 Å². The van der Waals surface area contributed by atoms with E-state index in [0.29, 0.717) is 10.6 Å². The first-order valence-electron chi connectivity index (χ1n) is 9.99. The summed E-state index contributed by atoms with van der Waals surface area (Å²) in [6, 6.07) is 5.36. The second kappa shape index (κ2) is 8.19. The summed E-state index contributed by atoms with van der Waals surface area (Å²) in [6.45, 7) is 4.24. The zero-order valence-corrected chi connectivity index (χ0v) is 17.4. The van der Waals surface area contributed by atoms with Gasteiger partial charge in [0.25, 0.3) is 0 Å². The Morgan fingerprint density at radius 3 is 2.70 bits per heavy atom. The van der Waals surface area contributed by atoms with Gasteiger partial charge in [0, 0.05) is 5.54 Å². The number of methoxy groups -OCH3 is 1. The first-order chi connectivity index (χ1) is 12.9. The molecule has 27 heavy (non-hydrogen) atoms. The summed E-state index contributed by atoms with van der Waals surface area (Å²) in [5.41, 5.74) is 1.58. The van der Waals surface area contributed by atoms with Gasteiger partial charge in [-0.05, 0) is 49.0 Å². The fourth-order valence-corrected chi connectivity index (χ4v) is 6.32. The average molecular weight is 390 g/mol. The summed E-state index contributed by atoms with van der Waals surface area (Å²) in [6.07, 6.45) is 12.3. The number of unbranched alkanes of at least 4 members (excludes halogenated alkanes) is 1. The van der Waals surface area contributed by atoms with Crippen molar-refractivity contribution in [2.45, 2.75) is 68.8 Å². The lowest BCUT2D eigenvalue weighted by molar-refractivity contribution is 0.294. The number of ether oxygens (including phenoxy) is 1. The Balaban J connectivity index is 2.17. The highest BCUT2D eigenvalue weighted by Gasteiger charge is 2.42. The number of rotatable bonds is 6. The Bertz CT molecular complexity index is 841. The van der Waals surface area contributed by atoms with E-state index >= 15 is 0 Å². The molecule has 5 heteroatoms. The molecule has 0 spiro atoms. The van der Waals surface area contributed by atoms with Gasteiger partial charge in [0.1, 0.15) is 5.75 Å². The lowest BCUT2D eigenvalue weighted by Gasteiger charge is -2.36. The summed E-state index contributed by atoms with van der Waals surface area (Å²) in [5, 5.41) is 3.79. The highest BCUT2D eigenvalue weighted by atomic mass is 32.2. The number of fused-ring (bicyclic) bond motifs is 1. The number of hydrogen-bond donors (Lipinski definition) is 1. The first-order valence-corrected chi connectivity index (χ1v) is 11.6. The van der Waals surface area contributed by atoms with Gasteiger partial charge in [-0.3, -0.25) is 5.32 Å². The van der Waals surface area contributed by atoms with Crippen LogP contribution in [0.4, 0.5) is 0 Å². The van der Waals surface area contributed by atoms with Crippen molar-refractivity contribution in [2.24, 2.45) is 0 Å². The monoisotopic (exact) mass is 389 g/mol. The van der Waals surface area contributed by atoms with E-state index in [1.165, 1.54) is 5.57 Å². The predicted octanol–water partition coefficient (Wildman–Crippen LogP) is 4.73. The molecule has 1 aliphatic heterocycles. The van der Waals surface area contributed by atoms with Crippen molar-refractivity contribution in [1.82, 2.24) is 5.32 Å². The molecule has 0 saturated heterocycles. The largest absolute Gasteiger partial charge is 0.497 e. The third-order valence-electron chi connectivity index (χ3n) is 5.83. The molecule has 2 aliphatic rings. The van der Waals surface area contributed by atoms with E-state index in [4.69, 9.17) is 4.74 Å². The van der Waals surface area contributed by atoms with Gasteiger partial charge in [-0.2, -0.15) is 0 Å². The number of allylic oxidation sites excluding steroid dienone is 2. The molecule has 3 rings (SSSR count). The van der Waals surface area contributed by atoms with Crippen LogP contribution in [0.5, 0.6) is 5.75 Å². The van der Waals surface area contributed by atoms with Gasteiger partial charge < -0.3 is 4.74 Å². The summed E-state index contributed by atoms with van der Waals surface area (Å²) < 4.78 is 32.1. The highest BCUT2D eigenvalue weighted by Crippen LogP contribution is 2.40. The zero-order chi connectivity index (χ0) is 19.5. The fourth-order valence-electron chi connectivity index (χ4n) is 4.17. The van der Waals surface area contributed by atoms with Crippen LogP contribution in [0.1, 0.15) is 64.0 Å². The Morgan fingerprint density at radius 2 is 2.07 bits per heavy atom. The Kier molecular flexibility index (Phi) is 6.11. The van der Waals surface area contributed by atoms with E-state index in [9.17, 15) is 8.42 Å². The van der Waals surface area contributed by atoms with Gasteiger partial charge in [0.2, 0.25) is 0 Å². The van der Waals surface area contributed by atoms with Gasteiger partial charge in [0.05, 0.1) is 23.8 Å². The quantitative estimate of drug-likeness (QED) is 0.764. The molecule has 1 aliphatic carbocycles. The number of benzene rings is 1. The molecule has 0 saturated carbocycles. The molecule has 0 bridgehead atoms. The van der Waals surface area contributed by atoms with Crippen LogP contribution in [-0.4, -0.2) is 26.8 Å². The van der Waals surface area contributed by atoms with Crippen LogP contribution in [0.3, 0.4) is 0 Å². The molecular weight excluding hydrogens is 358 g/mol. The second-order valence-electron chi connectivity index (χ2n) is 7.66. The lowest BCUT2D eigenvalue weighted by Crippen LogP contribution is -2.50. The Hall–Kier alpha value is -1.59. The maximum atomic E-state index is 13.4. The molecule has 0 fully saturated rings. The molecule has 0 aromatic heterocycles. The molecule has 0 radical (unpaired) electrons. The van der Waals surface area contributed by atoms with Crippen molar-refractivity contribution in [3.05, 3.63) is 47.6 Å². The average Bonchev–Trinajstić information content (AvgIpc) is 2.79. The van der Waals surface area contributed by atoms with E-state index in [2.05, 4.69) is 37.4 Å². The van der Waals surface area contributed by atoms with Crippen LogP contribution in [0, 0.1) is 0 Å². The molecule has 4 nitrogen and oxygen atoms in total. The van der Waals surface area contributed by atoms with Gasteiger partial charge in [-0.25, -0.2) is 8.42 Å². The Labute approximate surface area is 163 Å². The van der Waals surface area contributed by atoms with E-state index < -0.39 is 15.4 Å². The highest BCUT2D eigenvalue weighted by molar-refractivity contribution is 7.91. The second-order valence-corrected chi connectivity index (χ2v) is 9.62. The Morgan fingerprint density at radius 1 is 1.26 bits per heavy atom. The minimum absolute atomic E-state index is 0.114. The smallest absolute Gasteiger partial charge is 0.180 e.